The van der Waals surface area contributed by atoms with Crippen molar-refractivity contribution in [1.29, 1.82) is 0 Å². The van der Waals surface area contributed by atoms with Gasteiger partial charge >= 0.3 is 6.09 Å². The number of nitrogens with one attached hydrogen (secondary N) is 1. The molecule has 0 atom stereocenters. The summed E-state index contributed by atoms with van der Waals surface area (Å²) in [6.07, 6.45) is -1.05. The minimum Gasteiger partial charge on any atom is -0.465 e. The van der Waals surface area contributed by atoms with Crippen molar-refractivity contribution >= 4 is 11.8 Å². The third kappa shape index (κ3) is 2.69. The van der Waals surface area contributed by atoms with Crippen LogP contribution in [0.4, 0.5) is 10.5 Å². The van der Waals surface area contributed by atoms with Crippen molar-refractivity contribution in [2.75, 3.05) is 5.32 Å². The van der Waals surface area contributed by atoms with Gasteiger partial charge in [0.05, 0.1) is 5.69 Å². The molecule has 0 unspecified atom stereocenters. The zero-order chi connectivity index (χ0) is 13.1. The second-order valence-corrected chi connectivity index (χ2v) is 4.35. The van der Waals surface area contributed by atoms with Gasteiger partial charge in [-0.05, 0) is 31.0 Å². The summed E-state index contributed by atoms with van der Waals surface area (Å²) in [4.78, 5) is 10.8. The number of benzene rings is 2. The predicted octanol–water partition coefficient (Wildman–Crippen LogP) is 4.06. The fourth-order valence-electron chi connectivity index (χ4n) is 1.86. The van der Waals surface area contributed by atoms with E-state index in [1.165, 1.54) is 5.56 Å². The maximum Gasteiger partial charge on any atom is 0.409 e. The molecule has 0 aromatic heterocycles. The Morgan fingerprint density at radius 2 is 1.61 bits per heavy atom. The van der Waals surface area contributed by atoms with E-state index in [4.69, 9.17) is 5.11 Å². The van der Waals surface area contributed by atoms with Gasteiger partial charge in [0.2, 0.25) is 0 Å². The molecule has 0 heterocycles. The average Bonchev–Trinajstić information content (AvgIpc) is 2.30. The molecule has 0 saturated heterocycles. The number of rotatable bonds is 2. The molecule has 0 aliphatic rings. The fourth-order valence-corrected chi connectivity index (χ4v) is 1.86. The molecule has 0 aliphatic carbocycles. The molecule has 92 valence electrons. The molecule has 2 aromatic rings. The Bertz CT molecular complexity index is 574. The lowest BCUT2D eigenvalue weighted by molar-refractivity contribution is 0.210. The van der Waals surface area contributed by atoms with Gasteiger partial charge in [-0.3, -0.25) is 5.32 Å². The third-order valence-electron chi connectivity index (χ3n) is 2.78. The number of anilines is 1. The van der Waals surface area contributed by atoms with Crippen LogP contribution in [0.15, 0.2) is 42.5 Å². The van der Waals surface area contributed by atoms with E-state index >= 15 is 0 Å². The molecule has 0 fully saturated rings. The third-order valence-corrected chi connectivity index (χ3v) is 2.78. The molecular weight excluding hydrogens is 226 g/mol. The van der Waals surface area contributed by atoms with Gasteiger partial charge in [0, 0.05) is 5.56 Å². The van der Waals surface area contributed by atoms with E-state index in [0.29, 0.717) is 5.69 Å². The van der Waals surface area contributed by atoms with Gasteiger partial charge in [-0.15, -0.1) is 0 Å². The van der Waals surface area contributed by atoms with Crippen molar-refractivity contribution in [3.63, 3.8) is 0 Å². The number of hydrogen-bond acceptors (Lipinski definition) is 1. The summed E-state index contributed by atoms with van der Waals surface area (Å²) in [7, 11) is 0. The van der Waals surface area contributed by atoms with Gasteiger partial charge in [0.1, 0.15) is 0 Å². The van der Waals surface area contributed by atoms with Crippen LogP contribution in [-0.4, -0.2) is 11.2 Å². The summed E-state index contributed by atoms with van der Waals surface area (Å²) in [5.74, 6) is 0. The standard InChI is InChI=1S/C15H15NO2/c1-10-3-6-12(7-4-10)13-8-5-11(2)9-14(13)16-15(17)18/h3-9,16H,1-2H3,(H,17,18). The highest BCUT2D eigenvalue weighted by molar-refractivity contribution is 5.90. The number of carbonyl (C=O) groups is 1. The van der Waals surface area contributed by atoms with E-state index in [9.17, 15) is 4.79 Å². The van der Waals surface area contributed by atoms with E-state index in [0.717, 1.165) is 16.7 Å². The largest absolute Gasteiger partial charge is 0.465 e. The van der Waals surface area contributed by atoms with Crippen LogP contribution in [0, 0.1) is 13.8 Å². The molecule has 1 amide bonds. The van der Waals surface area contributed by atoms with Crippen molar-refractivity contribution in [2.24, 2.45) is 0 Å². The topological polar surface area (TPSA) is 49.3 Å². The molecule has 0 bridgehead atoms. The van der Waals surface area contributed by atoms with E-state index in [2.05, 4.69) is 5.32 Å². The van der Waals surface area contributed by atoms with E-state index < -0.39 is 6.09 Å². The number of aryl methyl sites for hydroxylation is 2. The molecule has 3 nitrogen and oxygen atoms in total. The Labute approximate surface area is 106 Å². The molecule has 18 heavy (non-hydrogen) atoms. The maximum absolute atomic E-state index is 10.8. The van der Waals surface area contributed by atoms with Gasteiger partial charge in [-0.25, -0.2) is 4.79 Å². The zero-order valence-corrected chi connectivity index (χ0v) is 10.4. The first-order chi connectivity index (χ1) is 8.56. The van der Waals surface area contributed by atoms with Crippen molar-refractivity contribution in [3.8, 4) is 11.1 Å². The lowest BCUT2D eigenvalue weighted by Gasteiger charge is -2.10. The quantitative estimate of drug-likeness (QED) is 0.833. The van der Waals surface area contributed by atoms with E-state index in [1.54, 1.807) is 0 Å². The lowest BCUT2D eigenvalue weighted by Crippen LogP contribution is -2.08. The molecule has 0 aliphatic heterocycles. The van der Waals surface area contributed by atoms with Gasteiger partial charge < -0.3 is 5.11 Å². The Hall–Kier alpha value is -2.29. The smallest absolute Gasteiger partial charge is 0.409 e. The fraction of sp³-hybridized carbons (Fsp3) is 0.133. The summed E-state index contributed by atoms with van der Waals surface area (Å²) in [5.41, 5.74) is 4.71. The summed E-state index contributed by atoms with van der Waals surface area (Å²) < 4.78 is 0. The first-order valence-electron chi connectivity index (χ1n) is 5.74. The Kier molecular flexibility index (Phi) is 3.33. The van der Waals surface area contributed by atoms with E-state index in [-0.39, 0.29) is 0 Å². The molecule has 0 radical (unpaired) electrons. The van der Waals surface area contributed by atoms with Gasteiger partial charge in [-0.1, -0.05) is 42.0 Å². The average molecular weight is 241 g/mol. The SMILES string of the molecule is Cc1ccc(-c2ccc(C)cc2NC(=O)O)cc1. The van der Waals surface area contributed by atoms with Crippen LogP contribution in [0.25, 0.3) is 11.1 Å². The predicted molar refractivity (Wildman–Crippen MR) is 73.0 cm³/mol. The highest BCUT2D eigenvalue weighted by Gasteiger charge is 2.07. The molecular formula is C15H15NO2. The first-order valence-corrected chi connectivity index (χ1v) is 5.74. The highest BCUT2D eigenvalue weighted by Crippen LogP contribution is 2.29. The molecule has 2 aromatic carbocycles. The van der Waals surface area contributed by atoms with Crippen LogP contribution < -0.4 is 5.32 Å². The van der Waals surface area contributed by atoms with Crippen LogP contribution in [0.3, 0.4) is 0 Å². The van der Waals surface area contributed by atoms with Gasteiger partial charge in [0.25, 0.3) is 0 Å². The van der Waals surface area contributed by atoms with Crippen LogP contribution >= 0.6 is 0 Å². The lowest BCUT2D eigenvalue weighted by atomic mass is 10.0. The second kappa shape index (κ2) is 4.92. The molecule has 0 spiro atoms. The van der Waals surface area contributed by atoms with Gasteiger partial charge in [0.15, 0.2) is 0 Å². The van der Waals surface area contributed by atoms with Crippen LogP contribution in [-0.2, 0) is 0 Å². The molecule has 2 rings (SSSR count). The summed E-state index contributed by atoms with van der Waals surface area (Å²) in [5, 5.41) is 11.3. The highest BCUT2D eigenvalue weighted by atomic mass is 16.4. The maximum atomic E-state index is 10.8. The number of hydrogen-bond donors (Lipinski definition) is 2. The number of carboxylic acid groups (broad SMARTS) is 1. The molecule has 2 N–H and O–H groups in total. The second-order valence-electron chi connectivity index (χ2n) is 4.35. The summed E-state index contributed by atoms with van der Waals surface area (Å²) >= 11 is 0. The van der Waals surface area contributed by atoms with Crippen molar-refractivity contribution in [3.05, 3.63) is 53.6 Å². The van der Waals surface area contributed by atoms with E-state index in [1.807, 2.05) is 56.3 Å². The Morgan fingerprint density at radius 1 is 1.00 bits per heavy atom. The van der Waals surface area contributed by atoms with Crippen LogP contribution in [0.2, 0.25) is 0 Å². The first kappa shape index (κ1) is 12.2. The van der Waals surface area contributed by atoms with Gasteiger partial charge in [-0.2, -0.15) is 0 Å². The minimum atomic E-state index is -1.05. The molecule has 0 saturated carbocycles. The zero-order valence-electron chi connectivity index (χ0n) is 10.4. The van der Waals surface area contributed by atoms with Crippen LogP contribution in [0.1, 0.15) is 11.1 Å². The van der Waals surface area contributed by atoms with Crippen molar-refractivity contribution in [2.45, 2.75) is 13.8 Å². The van der Waals surface area contributed by atoms with Crippen molar-refractivity contribution < 1.29 is 9.90 Å². The summed E-state index contributed by atoms with van der Waals surface area (Å²) in [6.45, 7) is 3.96. The Morgan fingerprint density at radius 3 is 2.22 bits per heavy atom. The summed E-state index contributed by atoms with van der Waals surface area (Å²) in [6, 6.07) is 13.8. The Balaban J connectivity index is 2.49. The molecule has 3 heteroatoms. The van der Waals surface area contributed by atoms with Crippen LogP contribution in [0.5, 0.6) is 0 Å². The number of amides is 1. The van der Waals surface area contributed by atoms with Crippen molar-refractivity contribution in [1.82, 2.24) is 0 Å². The minimum absolute atomic E-state index is 0.617. The normalized spacial score (nSPS) is 10.1. The monoisotopic (exact) mass is 241 g/mol.